The molecule has 3 aromatic carbocycles. The van der Waals surface area contributed by atoms with Crippen molar-refractivity contribution in [3.8, 4) is 0 Å². The van der Waals surface area contributed by atoms with E-state index in [1.54, 1.807) is 55.5 Å². The van der Waals surface area contributed by atoms with Gasteiger partial charge in [-0.25, -0.2) is 8.42 Å². The molecule has 0 radical (unpaired) electrons. The summed E-state index contributed by atoms with van der Waals surface area (Å²) in [6, 6.07) is 18.0. The Balaban J connectivity index is 2.07. The van der Waals surface area contributed by atoms with E-state index in [1.807, 2.05) is 13.8 Å². The molecule has 0 aliphatic heterocycles. The van der Waals surface area contributed by atoms with Crippen LogP contribution < -0.4 is 9.62 Å². The van der Waals surface area contributed by atoms with Crippen molar-refractivity contribution in [3.63, 3.8) is 0 Å². The summed E-state index contributed by atoms with van der Waals surface area (Å²) in [7, 11) is -4.17. The van der Waals surface area contributed by atoms with E-state index in [9.17, 15) is 18.0 Å². The van der Waals surface area contributed by atoms with Gasteiger partial charge in [-0.3, -0.25) is 13.9 Å². The van der Waals surface area contributed by atoms with Crippen molar-refractivity contribution >= 4 is 62.3 Å². The lowest BCUT2D eigenvalue weighted by atomic mass is 10.1. The number of rotatable bonds is 12. The van der Waals surface area contributed by atoms with E-state index in [2.05, 4.69) is 5.32 Å². The third-order valence-corrected chi connectivity index (χ3v) is 8.93. The van der Waals surface area contributed by atoms with Crippen LogP contribution in [0.2, 0.25) is 15.1 Å². The lowest BCUT2D eigenvalue weighted by Crippen LogP contribution is -2.52. The molecule has 3 aromatic rings. The number of hydrogen-bond acceptors (Lipinski definition) is 4. The van der Waals surface area contributed by atoms with Crippen LogP contribution in [0.15, 0.2) is 77.7 Å². The summed E-state index contributed by atoms with van der Waals surface area (Å²) < 4.78 is 28.6. The standard InChI is InChI=1S/C29H32Cl3N3O4S/c1-4-27(29(37)33-17-20(2)3)34(18-24-25(31)11-8-12-26(24)32)28(36)19-35(22-15-13-21(30)14-16-22)40(38,39)23-9-6-5-7-10-23/h5-16,20,27H,4,17-19H2,1-3H3,(H,33,37)/t27-/m1/s1. The number of carbonyl (C=O) groups is 2. The Hall–Kier alpha value is -2.78. The highest BCUT2D eigenvalue weighted by Gasteiger charge is 2.34. The van der Waals surface area contributed by atoms with Crippen LogP contribution in [0.5, 0.6) is 0 Å². The lowest BCUT2D eigenvalue weighted by Gasteiger charge is -2.33. The van der Waals surface area contributed by atoms with Crippen molar-refractivity contribution in [2.45, 2.75) is 44.7 Å². The highest BCUT2D eigenvalue weighted by atomic mass is 35.5. The fraction of sp³-hybridized carbons (Fsp3) is 0.310. The Bertz CT molecular complexity index is 1400. The van der Waals surface area contributed by atoms with Crippen LogP contribution in [-0.2, 0) is 26.2 Å². The predicted octanol–water partition coefficient (Wildman–Crippen LogP) is 6.42. The average molecular weight is 625 g/mol. The van der Waals surface area contributed by atoms with Crippen molar-refractivity contribution in [1.29, 1.82) is 0 Å². The van der Waals surface area contributed by atoms with Crippen LogP contribution >= 0.6 is 34.8 Å². The molecule has 0 bridgehead atoms. The van der Waals surface area contributed by atoms with Crippen molar-refractivity contribution in [2.24, 2.45) is 5.92 Å². The van der Waals surface area contributed by atoms with E-state index in [0.29, 0.717) is 27.2 Å². The minimum absolute atomic E-state index is 0.0140. The summed E-state index contributed by atoms with van der Waals surface area (Å²) in [5.41, 5.74) is 0.702. The van der Waals surface area contributed by atoms with Gasteiger partial charge in [0, 0.05) is 33.7 Å². The van der Waals surface area contributed by atoms with E-state index in [-0.39, 0.29) is 35.4 Å². The number of nitrogens with one attached hydrogen (secondary N) is 1. The summed E-state index contributed by atoms with van der Waals surface area (Å²) >= 11 is 18.9. The van der Waals surface area contributed by atoms with Gasteiger partial charge in [-0.15, -0.1) is 0 Å². The molecule has 214 valence electrons. The summed E-state index contributed by atoms with van der Waals surface area (Å²) in [5, 5.41) is 3.95. The van der Waals surface area contributed by atoms with Gasteiger partial charge in [0.25, 0.3) is 10.0 Å². The molecule has 0 heterocycles. The molecule has 2 amide bonds. The van der Waals surface area contributed by atoms with Gasteiger partial charge in [-0.05, 0) is 60.9 Å². The van der Waals surface area contributed by atoms with Crippen LogP contribution in [0.4, 0.5) is 5.69 Å². The molecule has 3 rings (SSSR count). The van der Waals surface area contributed by atoms with E-state index in [1.165, 1.54) is 29.2 Å². The molecule has 7 nitrogen and oxygen atoms in total. The highest BCUT2D eigenvalue weighted by Crippen LogP contribution is 2.29. The maximum Gasteiger partial charge on any atom is 0.264 e. The Morgan fingerprint density at radius 3 is 2.02 bits per heavy atom. The summed E-state index contributed by atoms with van der Waals surface area (Å²) in [6.07, 6.45) is 0.282. The zero-order valence-corrected chi connectivity index (χ0v) is 25.6. The molecular formula is C29H32Cl3N3O4S. The van der Waals surface area contributed by atoms with Gasteiger partial charge in [-0.2, -0.15) is 0 Å². The maximum absolute atomic E-state index is 14.1. The van der Waals surface area contributed by atoms with Gasteiger partial charge in [-0.1, -0.05) is 79.8 Å². The van der Waals surface area contributed by atoms with Crippen molar-refractivity contribution in [1.82, 2.24) is 10.2 Å². The second-order valence-corrected chi connectivity index (χ2v) is 12.7. The number of halogens is 3. The molecular weight excluding hydrogens is 593 g/mol. The zero-order valence-electron chi connectivity index (χ0n) is 22.5. The minimum Gasteiger partial charge on any atom is -0.354 e. The van der Waals surface area contributed by atoms with Crippen LogP contribution in [-0.4, -0.2) is 44.3 Å². The normalized spacial score (nSPS) is 12.2. The van der Waals surface area contributed by atoms with Crippen LogP contribution in [0.1, 0.15) is 32.8 Å². The number of anilines is 1. The SMILES string of the molecule is CC[C@H](C(=O)NCC(C)C)N(Cc1c(Cl)cccc1Cl)C(=O)CN(c1ccc(Cl)cc1)S(=O)(=O)c1ccccc1. The first kappa shape index (κ1) is 31.7. The third kappa shape index (κ3) is 7.91. The van der Waals surface area contributed by atoms with Crippen molar-refractivity contribution in [3.05, 3.63) is 93.4 Å². The molecule has 0 fully saturated rings. The largest absolute Gasteiger partial charge is 0.354 e. The Morgan fingerprint density at radius 2 is 1.48 bits per heavy atom. The minimum atomic E-state index is -4.17. The fourth-order valence-corrected chi connectivity index (χ4v) is 6.13. The number of hydrogen-bond donors (Lipinski definition) is 1. The molecule has 11 heteroatoms. The number of nitrogens with zero attached hydrogens (tertiary/aromatic N) is 2. The molecule has 0 unspecified atom stereocenters. The molecule has 0 saturated heterocycles. The topological polar surface area (TPSA) is 86.8 Å². The van der Waals surface area contributed by atoms with Gasteiger partial charge in [0.05, 0.1) is 10.6 Å². The number of sulfonamides is 1. The second-order valence-electron chi connectivity index (χ2n) is 9.59. The van der Waals surface area contributed by atoms with Crippen molar-refractivity contribution < 1.29 is 18.0 Å². The molecule has 0 spiro atoms. The van der Waals surface area contributed by atoms with E-state index >= 15 is 0 Å². The zero-order chi connectivity index (χ0) is 29.4. The smallest absolute Gasteiger partial charge is 0.264 e. The average Bonchev–Trinajstić information content (AvgIpc) is 2.92. The third-order valence-electron chi connectivity index (χ3n) is 6.19. The molecule has 0 aliphatic carbocycles. The summed E-state index contributed by atoms with van der Waals surface area (Å²) in [5.74, 6) is -0.756. The first-order valence-electron chi connectivity index (χ1n) is 12.8. The number of benzene rings is 3. The Kier molecular flexibility index (Phi) is 11.3. The van der Waals surface area contributed by atoms with Gasteiger partial charge >= 0.3 is 0 Å². The van der Waals surface area contributed by atoms with Gasteiger partial charge in [0.1, 0.15) is 12.6 Å². The van der Waals surface area contributed by atoms with Crippen molar-refractivity contribution in [2.75, 3.05) is 17.4 Å². The predicted molar refractivity (Wildman–Crippen MR) is 161 cm³/mol. The van der Waals surface area contributed by atoms with Crippen LogP contribution in [0, 0.1) is 5.92 Å². The van der Waals surface area contributed by atoms with E-state index in [0.717, 1.165) is 4.31 Å². The maximum atomic E-state index is 14.1. The van der Waals surface area contributed by atoms with Gasteiger partial charge < -0.3 is 10.2 Å². The van der Waals surface area contributed by atoms with Crippen LogP contribution in [0.3, 0.4) is 0 Å². The summed E-state index contributed by atoms with van der Waals surface area (Å²) in [4.78, 5) is 28.7. The summed E-state index contributed by atoms with van der Waals surface area (Å²) in [6.45, 7) is 5.47. The second kappa shape index (κ2) is 14.2. The molecule has 0 aromatic heterocycles. The Labute approximate surface area is 251 Å². The van der Waals surface area contributed by atoms with E-state index in [4.69, 9.17) is 34.8 Å². The molecule has 1 atom stereocenters. The first-order valence-corrected chi connectivity index (χ1v) is 15.4. The fourth-order valence-electron chi connectivity index (χ4n) is 4.05. The van der Waals surface area contributed by atoms with E-state index < -0.39 is 28.5 Å². The molecule has 40 heavy (non-hydrogen) atoms. The molecule has 0 saturated carbocycles. The molecule has 0 aliphatic rings. The monoisotopic (exact) mass is 623 g/mol. The first-order chi connectivity index (χ1) is 18.9. The number of amides is 2. The van der Waals surface area contributed by atoms with Gasteiger partial charge in [0.2, 0.25) is 11.8 Å². The van der Waals surface area contributed by atoms with Gasteiger partial charge in [0.15, 0.2) is 0 Å². The van der Waals surface area contributed by atoms with Crippen LogP contribution in [0.25, 0.3) is 0 Å². The lowest BCUT2D eigenvalue weighted by molar-refractivity contribution is -0.140. The Morgan fingerprint density at radius 1 is 0.875 bits per heavy atom. The number of carbonyl (C=O) groups excluding carboxylic acids is 2. The highest BCUT2D eigenvalue weighted by molar-refractivity contribution is 7.92. The molecule has 1 N–H and O–H groups in total. The quantitative estimate of drug-likeness (QED) is 0.252.